The van der Waals surface area contributed by atoms with Crippen LogP contribution in [-0.2, 0) is 12.8 Å². The lowest BCUT2D eigenvalue weighted by molar-refractivity contribution is -0.137. The van der Waals surface area contributed by atoms with E-state index < -0.39 is 11.7 Å². The second-order valence-electron chi connectivity index (χ2n) is 6.29. The maximum atomic E-state index is 12.9. The summed E-state index contributed by atoms with van der Waals surface area (Å²) >= 11 is 0. The molecule has 4 aromatic rings. The fourth-order valence-corrected chi connectivity index (χ4v) is 2.64. The maximum Gasteiger partial charge on any atom is 0.416 e. The van der Waals surface area contributed by atoms with Crippen molar-refractivity contribution in [1.82, 2.24) is 25.1 Å². The van der Waals surface area contributed by atoms with E-state index in [0.717, 1.165) is 17.7 Å². The number of halogens is 3. The van der Waals surface area contributed by atoms with Crippen LogP contribution in [0.15, 0.2) is 59.4 Å². The minimum absolute atomic E-state index is 0.0380. The highest BCUT2D eigenvalue weighted by Gasteiger charge is 2.30. The number of aromatic nitrogens is 5. The number of nitrogens with zero attached hydrogens (tertiary/aromatic N) is 5. The molecular formula is C20H14F3N5O2. The summed E-state index contributed by atoms with van der Waals surface area (Å²) in [6.45, 7) is 1.70. The van der Waals surface area contributed by atoms with Gasteiger partial charge in [0.05, 0.1) is 5.56 Å². The van der Waals surface area contributed by atoms with E-state index in [4.69, 9.17) is 9.26 Å². The number of pyridine rings is 1. The normalized spacial score (nSPS) is 11.5. The molecule has 0 spiro atoms. The van der Waals surface area contributed by atoms with Gasteiger partial charge >= 0.3 is 6.18 Å². The Morgan fingerprint density at radius 3 is 2.50 bits per heavy atom. The molecule has 152 valence electrons. The number of alkyl halides is 3. The zero-order valence-electron chi connectivity index (χ0n) is 15.6. The largest absolute Gasteiger partial charge is 0.467 e. The Morgan fingerprint density at radius 1 is 0.933 bits per heavy atom. The maximum absolute atomic E-state index is 12.9. The second kappa shape index (κ2) is 7.90. The molecule has 0 aliphatic heterocycles. The van der Waals surface area contributed by atoms with Crippen LogP contribution in [0.3, 0.4) is 0 Å². The zero-order valence-corrected chi connectivity index (χ0v) is 15.6. The highest BCUT2D eigenvalue weighted by molar-refractivity contribution is 5.56. The topological polar surface area (TPSA) is 86.8 Å². The third-order valence-corrected chi connectivity index (χ3v) is 4.03. The van der Waals surface area contributed by atoms with Crippen LogP contribution in [0.5, 0.6) is 5.88 Å². The molecule has 0 bridgehead atoms. The molecule has 0 N–H and O–H groups in total. The standard InChI is InChI=1S/C20H14F3N5O2/c1-12-9-16(26-18(25-12)13-5-7-24-8-6-13)29-11-17-27-19(28-30-17)14-3-2-4-15(10-14)20(21,22)23/h2-10H,11H2,1H3. The van der Waals surface area contributed by atoms with Crippen molar-refractivity contribution in [2.24, 2.45) is 0 Å². The number of rotatable bonds is 5. The first-order chi connectivity index (χ1) is 14.4. The van der Waals surface area contributed by atoms with Crippen molar-refractivity contribution in [3.05, 3.63) is 72.0 Å². The van der Waals surface area contributed by atoms with Gasteiger partial charge < -0.3 is 9.26 Å². The fraction of sp³-hybridized carbons (Fsp3) is 0.150. The lowest BCUT2D eigenvalue weighted by atomic mass is 10.1. The molecule has 0 amide bonds. The quantitative estimate of drug-likeness (QED) is 0.476. The van der Waals surface area contributed by atoms with Gasteiger partial charge in [0.25, 0.3) is 5.89 Å². The Kier molecular flexibility index (Phi) is 5.13. The van der Waals surface area contributed by atoms with Gasteiger partial charge in [-0.05, 0) is 31.2 Å². The fourth-order valence-electron chi connectivity index (χ4n) is 2.64. The zero-order chi connectivity index (χ0) is 21.1. The summed E-state index contributed by atoms with van der Waals surface area (Å²) in [5.41, 5.74) is 0.880. The summed E-state index contributed by atoms with van der Waals surface area (Å²) in [5, 5.41) is 3.73. The Hall–Kier alpha value is -3.82. The predicted octanol–water partition coefficient (Wildman–Crippen LogP) is 4.49. The second-order valence-corrected chi connectivity index (χ2v) is 6.29. The Bertz CT molecular complexity index is 1160. The molecule has 0 radical (unpaired) electrons. The molecule has 10 heteroatoms. The van der Waals surface area contributed by atoms with Gasteiger partial charge in [0, 0.05) is 35.3 Å². The summed E-state index contributed by atoms with van der Waals surface area (Å²) in [6.07, 6.45) is -1.19. The van der Waals surface area contributed by atoms with Gasteiger partial charge in [-0.3, -0.25) is 4.98 Å². The molecule has 0 saturated carbocycles. The summed E-state index contributed by atoms with van der Waals surface area (Å²) in [7, 11) is 0. The molecular weight excluding hydrogens is 399 g/mol. The summed E-state index contributed by atoms with van der Waals surface area (Å²) in [4.78, 5) is 16.8. The van der Waals surface area contributed by atoms with Gasteiger partial charge in [-0.2, -0.15) is 23.1 Å². The Balaban J connectivity index is 1.50. The molecule has 0 saturated heterocycles. The van der Waals surface area contributed by atoms with Crippen LogP contribution in [0, 0.1) is 6.92 Å². The molecule has 0 aliphatic carbocycles. The molecule has 0 fully saturated rings. The van der Waals surface area contributed by atoms with Crippen LogP contribution >= 0.6 is 0 Å². The van der Waals surface area contributed by atoms with Crippen molar-refractivity contribution < 1.29 is 22.4 Å². The van der Waals surface area contributed by atoms with Crippen molar-refractivity contribution in [2.45, 2.75) is 19.7 Å². The van der Waals surface area contributed by atoms with E-state index in [0.29, 0.717) is 17.4 Å². The molecule has 7 nitrogen and oxygen atoms in total. The highest BCUT2D eigenvalue weighted by atomic mass is 19.4. The van der Waals surface area contributed by atoms with Crippen LogP contribution in [0.4, 0.5) is 13.2 Å². The van der Waals surface area contributed by atoms with Crippen molar-refractivity contribution in [3.63, 3.8) is 0 Å². The first-order valence-corrected chi connectivity index (χ1v) is 8.77. The number of ether oxygens (including phenoxy) is 1. The van der Waals surface area contributed by atoms with Crippen LogP contribution in [-0.4, -0.2) is 25.1 Å². The van der Waals surface area contributed by atoms with E-state index in [1.807, 2.05) is 0 Å². The number of aryl methyl sites for hydroxylation is 1. The first-order valence-electron chi connectivity index (χ1n) is 8.77. The van der Waals surface area contributed by atoms with Crippen LogP contribution < -0.4 is 4.74 Å². The monoisotopic (exact) mass is 413 g/mol. The van der Waals surface area contributed by atoms with Gasteiger partial charge in [-0.1, -0.05) is 17.3 Å². The highest BCUT2D eigenvalue weighted by Crippen LogP contribution is 2.31. The molecule has 3 aromatic heterocycles. The summed E-state index contributed by atoms with van der Waals surface area (Å²) < 4.78 is 49.4. The average Bonchev–Trinajstić information content (AvgIpc) is 3.21. The Labute approximate surface area is 168 Å². The van der Waals surface area contributed by atoms with E-state index in [-0.39, 0.29) is 23.9 Å². The van der Waals surface area contributed by atoms with Gasteiger partial charge in [-0.25, -0.2) is 4.98 Å². The number of hydrogen-bond donors (Lipinski definition) is 0. The predicted molar refractivity (Wildman–Crippen MR) is 99.1 cm³/mol. The molecule has 4 rings (SSSR count). The third-order valence-electron chi connectivity index (χ3n) is 4.03. The lowest BCUT2D eigenvalue weighted by Crippen LogP contribution is -2.04. The minimum atomic E-state index is -4.46. The third kappa shape index (κ3) is 4.43. The van der Waals surface area contributed by atoms with E-state index >= 15 is 0 Å². The van der Waals surface area contributed by atoms with Crippen molar-refractivity contribution >= 4 is 0 Å². The number of hydrogen-bond acceptors (Lipinski definition) is 7. The van der Waals surface area contributed by atoms with Crippen molar-refractivity contribution in [3.8, 4) is 28.7 Å². The van der Waals surface area contributed by atoms with Crippen molar-refractivity contribution in [1.29, 1.82) is 0 Å². The van der Waals surface area contributed by atoms with Gasteiger partial charge in [0.2, 0.25) is 11.7 Å². The minimum Gasteiger partial charge on any atom is -0.467 e. The van der Waals surface area contributed by atoms with Gasteiger partial charge in [0.1, 0.15) is 0 Å². The first kappa shape index (κ1) is 19.5. The number of benzene rings is 1. The van der Waals surface area contributed by atoms with Crippen LogP contribution in [0.2, 0.25) is 0 Å². The smallest absolute Gasteiger partial charge is 0.416 e. The van der Waals surface area contributed by atoms with E-state index in [1.165, 1.54) is 12.1 Å². The summed E-state index contributed by atoms with van der Waals surface area (Å²) in [6, 6.07) is 9.90. The van der Waals surface area contributed by atoms with Gasteiger partial charge in [0.15, 0.2) is 12.4 Å². The van der Waals surface area contributed by atoms with Crippen LogP contribution in [0.25, 0.3) is 22.8 Å². The van der Waals surface area contributed by atoms with Crippen LogP contribution in [0.1, 0.15) is 17.1 Å². The Morgan fingerprint density at radius 2 is 1.73 bits per heavy atom. The summed E-state index contributed by atoms with van der Waals surface area (Å²) in [5.74, 6) is 0.913. The SMILES string of the molecule is Cc1cc(OCc2nc(-c3cccc(C(F)(F)F)c3)no2)nc(-c2ccncc2)n1. The molecule has 30 heavy (non-hydrogen) atoms. The van der Waals surface area contributed by atoms with E-state index in [9.17, 15) is 13.2 Å². The average molecular weight is 413 g/mol. The molecule has 0 aliphatic rings. The van der Waals surface area contributed by atoms with E-state index in [1.54, 1.807) is 37.5 Å². The molecule has 0 unspecified atom stereocenters. The molecule has 0 atom stereocenters. The molecule has 3 heterocycles. The van der Waals surface area contributed by atoms with Crippen molar-refractivity contribution in [2.75, 3.05) is 0 Å². The lowest BCUT2D eigenvalue weighted by Gasteiger charge is -2.07. The van der Waals surface area contributed by atoms with E-state index in [2.05, 4.69) is 25.1 Å². The molecule has 1 aromatic carbocycles. The van der Waals surface area contributed by atoms with Gasteiger partial charge in [-0.15, -0.1) is 0 Å².